The van der Waals surface area contributed by atoms with Gasteiger partial charge in [0.15, 0.2) is 17.2 Å². The molecule has 4 aromatic heterocycles. The topological polar surface area (TPSA) is 76.5 Å². The summed E-state index contributed by atoms with van der Waals surface area (Å²) < 4.78 is 7.33. The Labute approximate surface area is 168 Å². The minimum atomic E-state index is -0.0634. The molecule has 146 valence electrons. The summed E-state index contributed by atoms with van der Waals surface area (Å²) in [5.74, 6) is 1.98. The second-order valence-electron chi connectivity index (χ2n) is 7.43. The quantitative estimate of drug-likeness (QED) is 0.536. The van der Waals surface area contributed by atoms with Crippen LogP contribution in [0.15, 0.2) is 59.4 Å². The third-order valence-electron chi connectivity index (χ3n) is 5.39. The average Bonchev–Trinajstić information content (AvgIpc) is 3.39. The van der Waals surface area contributed by atoms with Crippen molar-refractivity contribution in [3.63, 3.8) is 0 Å². The number of likely N-dealkylation sites (tertiary alicyclic amines) is 1. The van der Waals surface area contributed by atoms with Gasteiger partial charge in [0, 0.05) is 43.2 Å². The van der Waals surface area contributed by atoms with Crippen molar-refractivity contribution in [2.24, 2.45) is 0 Å². The van der Waals surface area contributed by atoms with Crippen molar-refractivity contribution in [1.82, 2.24) is 24.5 Å². The highest BCUT2D eigenvalue weighted by Gasteiger charge is 2.29. The molecule has 1 atom stereocenters. The number of fused-ring (bicyclic) bond motifs is 1. The van der Waals surface area contributed by atoms with Crippen molar-refractivity contribution < 1.29 is 9.21 Å². The van der Waals surface area contributed by atoms with Crippen molar-refractivity contribution in [2.75, 3.05) is 13.1 Å². The van der Waals surface area contributed by atoms with Crippen LogP contribution in [0.2, 0.25) is 0 Å². The fourth-order valence-electron chi connectivity index (χ4n) is 3.87. The Balaban J connectivity index is 1.39. The van der Waals surface area contributed by atoms with Gasteiger partial charge >= 0.3 is 0 Å². The molecule has 7 heteroatoms. The van der Waals surface area contributed by atoms with Crippen molar-refractivity contribution in [3.05, 3.63) is 72.3 Å². The van der Waals surface area contributed by atoms with E-state index in [4.69, 9.17) is 14.5 Å². The van der Waals surface area contributed by atoms with E-state index < -0.39 is 0 Å². The van der Waals surface area contributed by atoms with Gasteiger partial charge in [-0.1, -0.05) is 0 Å². The van der Waals surface area contributed by atoms with Crippen LogP contribution in [0.5, 0.6) is 0 Å². The van der Waals surface area contributed by atoms with Crippen LogP contribution in [0.1, 0.15) is 40.9 Å². The lowest BCUT2D eigenvalue weighted by atomic mass is 9.97. The van der Waals surface area contributed by atoms with Crippen molar-refractivity contribution in [3.8, 4) is 11.1 Å². The predicted molar refractivity (Wildman–Crippen MR) is 108 cm³/mol. The van der Waals surface area contributed by atoms with Gasteiger partial charge in [-0.15, -0.1) is 0 Å². The summed E-state index contributed by atoms with van der Waals surface area (Å²) in [7, 11) is 0. The lowest BCUT2D eigenvalue weighted by Crippen LogP contribution is -2.39. The number of hydrogen-bond acceptors (Lipinski definition) is 5. The van der Waals surface area contributed by atoms with Gasteiger partial charge in [0.05, 0.1) is 0 Å². The van der Waals surface area contributed by atoms with Gasteiger partial charge in [-0.3, -0.25) is 9.78 Å². The van der Waals surface area contributed by atoms with Gasteiger partial charge in [-0.05, 0) is 61.7 Å². The number of amides is 1. The zero-order valence-corrected chi connectivity index (χ0v) is 16.2. The molecule has 0 spiro atoms. The third-order valence-corrected chi connectivity index (χ3v) is 5.39. The van der Waals surface area contributed by atoms with Gasteiger partial charge in [-0.2, -0.15) is 5.10 Å². The molecule has 0 N–H and O–H groups in total. The highest BCUT2D eigenvalue weighted by molar-refractivity contribution is 5.91. The van der Waals surface area contributed by atoms with Crippen molar-refractivity contribution >= 4 is 11.6 Å². The van der Waals surface area contributed by atoms with Crippen LogP contribution >= 0.6 is 0 Å². The molecule has 1 aliphatic rings. The van der Waals surface area contributed by atoms with E-state index in [9.17, 15) is 4.79 Å². The van der Waals surface area contributed by atoms with E-state index >= 15 is 0 Å². The SMILES string of the molecule is Cc1ccc(C(=O)N2CCC[C@H](c3nc4ccc(-c5ccncc5)cn4n3)C2)o1. The summed E-state index contributed by atoms with van der Waals surface area (Å²) in [6.07, 6.45) is 7.43. The minimum Gasteiger partial charge on any atom is -0.456 e. The van der Waals surface area contributed by atoms with E-state index in [2.05, 4.69) is 4.98 Å². The van der Waals surface area contributed by atoms with E-state index in [1.807, 2.05) is 52.9 Å². The van der Waals surface area contributed by atoms with Crippen molar-refractivity contribution in [1.29, 1.82) is 0 Å². The van der Waals surface area contributed by atoms with E-state index in [0.29, 0.717) is 12.3 Å². The molecule has 1 saturated heterocycles. The molecule has 0 saturated carbocycles. The average molecular weight is 387 g/mol. The van der Waals surface area contributed by atoms with Crippen LogP contribution < -0.4 is 0 Å². The fraction of sp³-hybridized carbons (Fsp3) is 0.273. The smallest absolute Gasteiger partial charge is 0.289 e. The first-order valence-corrected chi connectivity index (χ1v) is 9.80. The van der Waals surface area contributed by atoms with Gasteiger partial charge in [-0.25, -0.2) is 9.50 Å². The van der Waals surface area contributed by atoms with Crippen LogP contribution in [0.3, 0.4) is 0 Å². The van der Waals surface area contributed by atoms with Gasteiger partial charge in [0.25, 0.3) is 5.91 Å². The lowest BCUT2D eigenvalue weighted by molar-refractivity contribution is 0.0671. The number of hydrogen-bond donors (Lipinski definition) is 0. The summed E-state index contributed by atoms with van der Waals surface area (Å²) in [6, 6.07) is 11.5. The number of carbonyl (C=O) groups is 1. The standard InChI is InChI=1S/C22H21N5O2/c1-15-4-6-19(29-15)22(28)26-12-2-3-18(13-26)21-24-20-7-5-17(14-27(20)25-21)16-8-10-23-11-9-16/h4-11,14,18H,2-3,12-13H2,1H3/t18-/m0/s1. The number of furan rings is 1. The van der Waals surface area contributed by atoms with E-state index in [1.54, 1.807) is 18.5 Å². The molecular weight excluding hydrogens is 366 g/mol. The van der Waals surface area contributed by atoms with Crippen LogP contribution in [0, 0.1) is 6.92 Å². The Morgan fingerprint density at radius 2 is 1.97 bits per heavy atom. The highest BCUT2D eigenvalue weighted by Crippen LogP contribution is 2.27. The Bertz CT molecular complexity index is 1160. The summed E-state index contributed by atoms with van der Waals surface area (Å²) in [4.78, 5) is 23.4. The molecule has 0 bridgehead atoms. The Morgan fingerprint density at radius 3 is 2.76 bits per heavy atom. The van der Waals surface area contributed by atoms with Crippen LogP contribution in [-0.2, 0) is 0 Å². The maximum Gasteiger partial charge on any atom is 0.289 e. The number of carbonyl (C=O) groups excluding carboxylic acids is 1. The number of rotatable bonds is 3. The molecule has 1 amide bonds. The van der Waals surface area contributed by atoms with Gasteiger partial charge in [0.2, 0.25) is 0 Å². The van der Waals surface area contributed by atoms with E-state index in [-0.39, 0.29) is 11.8 Å². The maximum atomic E-state index is 12.7. The zero-order chi connectivity index (χ0) is 19.8. The van der Waals surface area contributed by atoms with E-state index in [1.165, 1.54) is 0 Å². The molecular formula is C22H21N5O2. The van der Waals surface area contributed by atoms with Crippen LogP contribution in [0.25, 0.3) is 16.8 Å². The number of aryl methyl sites for hydroxylation is 1. The Morgan fingerprint density at radius 1 is 1.10 bits per heavy atom. The van der Waals surface area contributed by atoms with E-state index in [0.717, 1.165) is 47.7 Å². The summed E-state index contributed by atoms with van der Waals surface area (Å²) in [6.45, 7) is 3.18. The molecule has 0 unspecified atom stereocenters. The molecule has 0 aromatic carbocycles. The zero-order valence-electron chi connectivity index (χ0n) is 16.2. The molecule has 5 rings (SSSR count). The first-order chi connectivity index (χ1) is 14.2. The Kier molecular flexibility index (Phi) is 4.35. The maximum absolute atomic E-state index is 12.7. The molecule has 4 aromatic rings. The fourth-order valence-corrected chi connectivity index (χ4v) is 3.87. The largest absolute Gasteiger partial charge is 0.456 e. The number of aromatic nitrogens is 4. The molecule has 5 heterocycles. The number of nitrogens with zero attached hydrogens (tertiary/aromatic N) is 5. The normalized spacial score (nSPS) is 17.0. The van der Waals surface area contributed by atoms with Gasteiger partial charge < -0.3 is 9.32 Å². The predicted octanol–water partition coefficient (Wildman–Crippen LogP) is 3.71. The Hall–Kier alpha value is -3.48. The van der Waals surface area contributed by atoms with Gasteiger partial charge in [0.1, 0.15) is 5.76 Å². The third kappa shape index (κ3) is 3.40. The number of pyridine rings is 2. The minimum absolute atomic E-state index is 0.0634. The summed E-state index contributed by atoms with van der Waals surface area (Å²) in [5.41, 5.74) is 2.95. The molecule has 7 nitrogen and oxygen atoms in total. The van der Waals surface area contributed by atoms with Crippen LogP contribution in [0.4, 0.5) is 0 Å². The van der Waals surface area contributed by atoms with Crippen molar-refractivity contribution in [2.45, 2.75) is 25.7 Å². The second kappa shape index (κ2) is 7.16. The second-order valence-corrected chi connectivity index (χ2v) is 7.43. The molecule has 1 aliphatic heterocycles. The summed E-state index contributed by atoms with van der Waals surface area (Å²) in [5, 5.41) is 4.72. The first-order valence-electron chi connectivity index (χ1n) is 9.80. The number of piperidine rings is 1. The summed E-state index contributed by atoms with van der Waals surface area (Å²) >= 11 is 0. The highest BCUT2D eigenvalue weighted by atomic mass is 16.3. The monoisotopic (exact) mass is 387 g/mol. The van der Waals surface area contributed by atoms with Crippen LogP contribution in [-0.4, -0.2) is 43.5 Å². The first kappa shape index (κ1) is 17.6. The molecule has 29 heavy (non-hydrogen) atoms. The molecule has 1 fully saturated rings. The molecule has 0 radical (unpaired) electrons. The molecule has 0 aliphatic carbocycles. The lowest BCUT2D eigenvalue weighted by Gasteiger charge is -2.30.